The van der Waals surface area contributed by atoms with Gasteiger partial charge in [0.1, 0.15) is 0 Å². The minimum absolute atomic E-state index is 0.139. The van der Waals surface area contributed by atoms with Gasteiger partial charge >= 0.3 is 5.97 Å². The van der Waals surface area contributed by atoms with Gasteiger partial charge in [0.25, 0.3) is 0 Å². The predicted octanol–water partition coefficient (Wildman–Crippen LogP) is 4.63. The van der Waals surface area contributed by atoms with E-state index < -0.39 is 11.4 Å². The number of likely N-dealkylation sites (tertiary alicyclic amines) is 1. The number of nitrogens with zero attached hydrogens (tertiary/aromatic N) is 1. The van der Waals surface area contributed by atoms with Crippen molar-refractivity contribution in [2.24, 2.45) is 5.41 Å². The molecule has 2 rings (SSSR count). The lowest BCUT2D eigenvalue weighted by atomic mass is 9.76. The number of hydrogen-bond acceptors (Lipinski definition) is 2. The van der Waals surface area contributed by atoms with Crippen molar-refractivity contribution in [1.82, 2.24) is 4.90 Å². The lowest BCUT2D eigenvalue weighted by Crippen LogP contribution is -2.44. The first-order valence-electron chi connectivity index (χ1n) is 7.32. The number of carbonyl (C=O) groups is 1. The van der Waals surface area contributed by atoms with Crippen molar-refractivity contribution < 1.29 is 9.90 Å². The van der Waals surface area contributed by atoms with Gasteiger partial charge in [-0.3, -0.25) is 9.69 Å². The van der Waals surface area contributed by atoms with E-state index in [0.29, 0.717) is 29.3 Å². The first-order valence-corrected chi connectivity index (χ1v) is 8.07. The zero-order valence-corrected chi connectivity index (χ0v) is 13.9. The van der Waals surface area contributed by atoms with E-state index in [4.69, 9.17) is 23.2 Å². The Bertz CT molecular complexity index is 525. The van der Waals surface area contributed by atoms with Crippen molar-refractivity contribution in [1.29, 1.82) is 0 Å². The van der Waals surface area contributed by atoms with Gasteiger partial charge in [-0.25, -0.2) is 0 Å². The van der Waals surface area contributed by atoms with E-state index >= 15 is 0 Å². The molecule has 1 atom stereocenters. The molecule has 0 saturated carbocycles. The molecule has 1 aliphatic heterocycles. The largest absolute Gasteiger partial charge is 0.481 e. The third-order valence-corrected chi connectivity index (χ3v) is 5.42. The summed E-state index contributed by atoms with van der Waals surface area (Å²) in [7, 11) is 0. The number of benzene rings is 1. The Kier molecular flexibility index (Phi) is 5.18. The molecule has 5 heteroatoms. The van der Waals surface area contributed by atoms with Gasteiger partial charge in [0.05, 0.1) is 5.41 Å². The molecule has 0 aromatic heterocycles. The summed E-state index contributed by atoms with van der Waals surface area (Å²) in [5, 5.41) is 10.8. The van der Waals surface area contributed by atoms with Crippen LogP contribution in [0.2, 0.25) is 10.0 Å². The van der Waals surface area contributed by atoms with E-state index in [9.17, 15) is 9.90 Å². The summed E-state index contributed by atoms with van der Waals surface area (Å²) in [4.78, 5) is 13.8. The molecule has 1 aromatic carbocycles. The van der Waals surface area contributed by atoms with Crippen LogP contribution in [0.15, 0.2) is 18.2 Å². The quantitative estimate of drug-likeness (QED) is 0.875. The monoisotopic (exact) mass is 329 g/mol. The fourth-order valence-electron chi connectivity index (χ4n) is 3.09. The third-order valence-electron chi connectivity index (χ3n) is 4.84. The van der Waals surface area contributed by atoms with Crippen LogP contribution in [-0.2, 0) is 4.79 Å². The van der Waals surface area contributed by atoms with E-state index in [1.165, 1.54) is 0 Å². The summed E-state index contributed by atoms with van der Waals surface area (Å²) in [6.07, 6.45) is 2.05. The molecule has 1 unspecified atom stereocenters. The van der Waals surface area contributed by atoms with Crippen molar-refractivity contribution in [2.45, 2.75) is 39.2 Å². The van der Waals surface area contributed by atoms with E-state index in [2.05, 4.69) is 11.8 Å². The second kappa shape index (κ2) is 6.55. The Labute approximate surface area is 135 Å². The van der Waals surface area contributed by atoms with Gasteiger partial charge < -0.3 is 5.11 Å². The van der Waals surface area contributed by atoms with Gasteiger partial charge in [0.2, 0.25) is 0 Å². The minimum Gasteiger partial charge on any atom is -0.481 e. The highest BCUT2D eigenvalue weighted by Gasteiger charge is 2.40. The highest BCUT2D eigenvalue weighted by Crippen LogP contribution is 2.39. The molecular formula is C16H21Cl2NO2. The molecule has 1 aromatic rings. The van der Waals surface area contributed by atoms with Crippen molar-refractivity contribution in [3.8, 4) is 0 Å². The Morgan fingerprint density at radius 1 is 1.38 bits per heavy atom. The molecule has 116 valence electrons. The molecule has 0 aliphatic carbocycles. The summed E-state index contributed by atoms with van der Waals surface area (Å²) in [5.41, 5.74) is 0.442. The highest BCUT2D eigenvalue weighted by atomic mass is 35.5. The Morgan fingerprint density at radius 3 is 2.52 bits per heavy atom. The average Bonchev–Trinajstić information content (AvgIpc) is 2.49. The molecule has 3 nitrogen and oxygen atoms in total. The minimum atomic E-state index is -0.668. The normalized spacial score (nSPS) is 20.2. The van der Waals surface area contributed by atoms with Crippen LogP contribution in [0.4, 0.5) is 0 Å². The number of halogens is 2. The van der Waals surface area contributed by atoms with Crippen LogP contribution in [0, 0.1) is 5.41 Å². The number of rotatable bonds is 4. The second-order valence-corrected chi connectivity index (χ2v) is 6.66. The van der Waals surface area contributed by atoms with Gasteiger partial charge in [-0.1, -0.05) is 30.1 Å². The molecule has 21 heavy (non-hydrogen) atoms. The lowest BCUT2D eigenvalue weighted by Gasteiger charge is -2.41. The van der Waals surface area contributed by atoms with Crippen LogP contribution >= 0.6 is 23.2 Å². The molecule has 0 radical (unpaired) electrons. The van der Waals surface area contributed by atoms with E-state index in [1.54, 1.807) is 6.07 Å². The molecule has 0 spiro atoms. The summed E-state index contributed by atoms with van der Waals surface area (Å²) < 4.78 is 0. The fourth-order valence-corrected chi connectivity index (χ4v) is 3.55. The van der Waals surface area contributed by atoms with Crippen LogP contribution in [0.5, 0.6) is 0 Å². The lowest BCUT2D eigenvalue weighted by molar-refractivity contribution is -0.152. The fraction of sp³-hybridized carbons (Fsp3) is 0.562. The second-order valence-electron chi connectivity index (χ2n) is 5.82. The number of hydrogen-bond donors (Lipinski definition) is 1. The molecule has 1 saturated heterocycles. The molecule has 0 bridgehead atoms. The smallest absolute Gasteiger partial charge is 0.309 e. The van der Waals surface area contributed by atoms with Crippen LogP contribution < -0.4 is 0 Å². The first-order chi connectivity index (χ1) is 9.89. The Hall–Kier alpha value is -0.770. The van der Waals surface area contributed by atoms with Gasteiger partial charge in [-0.15, -0.1) is 0 Å². The zero-order valence-electron chi connectivity index (χ0n) is 12.4. The maximum Gasteiger partial charge on any atom is 0.309 e. The summed E-state index contributed by atoms with van der Waals surface area (Å²) in [6, 6.07) is 5.63. The van der Waals surface area contributed by atoms with Gasteiger partial charge in [0.15, 0.2) is 0 Å². The molecular weight excluding hydrogens is 309 g/mol. The number of piperidine rings is 1. The number of aliphatic carboxylic acids is 1. The molecule has 1 fully saturated rings. The maximum atomic E-state index is 11.5. The predicted molar refractivity (Wildman–Crippen MR) is 86.0 cm³/mol. The molecule has 1 N–H and O–H groups in total. The van der Waals surface area contributed by atoms with Gasteiger partial charge in [0, 0.05) is 16.1 Å². The summed E-state index contributed by atoms with van der Waals surface area (Å²) >= 11 is 12.3. The highest BCUT2D eigenvalue weighted by molar-refractivity contribution is 6.33. The first kappa shape index (κ1) is 16.6. The van der Waals surface area contributed by atoms with E-state index in [1.807, 2.05) is 19.1 Å². The van der Waals surface area contributed by atoms with Crippen LogP contribution in [0.3, 0.4) is 0 Å². The van der Waals surface area contributed by atoms with E-state index in [-0.39, 0.29) is 6.04 Å². The Balaban J connectivity index is 2.11. The van der Waals surface area contributed by atoms with Crippen molar-refractivity contribution in [3.63, 3.8) is 0 Å². The van der Waals surface area contributed by atoms with Crippen LogP contribution in [0.25, 0.3) is 0 Å². The van der Waals surface area contributed by atoms with Gasteiger partial charge in [-0.05, 0) is 63.0 Å². The molecule has 1 aliphatic rings. The maximum absolute atomic E-state index is 11.5. The number of carboxylic acid groups (broad SMARTS) is 1. The standard InChI is InChI=1S/C16H21Cl2NO2/c1-3-16(15(20)21)6-8-19(9-7-16)11(2)13-10-12(17)4-5-14(13)18/h4-5,10-11H,3,6-9H2,1-2H3,(H,20,21). The topological polar surface area (TPSA) is 40.5 Å². The SMILES string of the molecule is CCC1(C(=O)O)CCN(C(C)c2cc(Cl)ccc2Cl)CC1. The van der Waals surface area contributed by atoms with E-state index in [0.717, 1.165) is 18.7 Å². The zero-order chi connectivity index (χ0) is 15.6. The van der Waals surface area contributed by atoms with Crippen LogP contribution in [-0.4, -0.2) is 29.1 Å². The van der Waals surface area contributed by atoms with Crippen molar-refractivity contribution in [3.05, 3.63) is 33.8 Å². The summed E-state index contributed by atoms with van der Waals surface area (Å²) in [6.45, 7) is 5.59. The average molecular weight is 330 g/mol. The Morgan fingerprint density at radius 2 is 2.00 bits per heavy atom. The van der Waals surface area contributed by atoms with Crippen molar-refractivity contribution >= 4 is 29.2 Å². The van der Waals surface area contributed by atoms with Crippen LogP contribution in [0.1, 0.15) is 44.7 Å². The molecule has 0 amide bonds. The molecule has 1 heterocycles. The third kappa shape index (κ3) is 3.36. The number of carboxylic acids is 1. The van der Waals surface area contributed by atoms with Crippen molar-refractivity contribution in [2.75, 3.05) is 13.1 Å². The van der Waals surface area contributed by atoms with Gasteiger partial charge in [-0.2, -0.15) is 0 Å². The summed E-state index contributed by atoms with van der Waals surface area (Å²) in [5.74, 6) is -0.668.